The van der Waals surface area contributed by atoms with E-state index in [0.717, 1.165) is 37.2 Å². The number of fused-ring (bicyclic) bond motifs is 3. The highest BCUT2D eigenvalue weighted by molar-refractivity contribution is 5.89. The van der Waals surface area contributed by atoms with Gasteiger partial charge >= 0.3 is 0 Å². The van der Waals surface area contributed by atoms with E-state index >= 15 is 0 Å². The Kier molecular flexibility index (Phi) is 4.18. The fraction of sp³-hybridized carbons (Fsp3) is 0.318. The Morgan fingerprint density at radius 3 is 2.68 bits per heavy atom. The van der Waals surface area contributed by atoms with Crippen LogP contribution in [-0.2, 0) is 12.8 Å². The summed E-state index contributed by atoms with van der Waals surface area (Å²) in [6, 6.07) is 11.0. The molecule has 0 spiro atoms. The van der Waals surface area contributed by atoms with Crippen LogP contribution in [0.2, 0.25) is 0 Å². The number of aromatic nitrogens is 2. The molecule has 0 unspecified atom stereocenters. The first-order valence-corrected chi connectivity index (χ1v) is 9.03. The van der Waals surface area contributed by atoms with Crippen LogP contribution in [0.5, 0.6) is 0 Å². The third-order valence-corrected chi connectivity index (χ3v) is 5.20. The lowest BCUT2D eigenvalue weighted by atomic mass is 10.1. The molecule has 0 fully saturated rings. The highest BCUT2D eigenvalue weighted by atomic mass is 15.1. The van der Waals surface area contributed by atoms with Gasteiger partial charge in [-0.25, -0.2) is 0 Å². The fourth-order valence-corrected chi connectivity index (χ4v) is 3.72. The normalized spacial score (nSPS) is 15.6. The molecule has 0 atom stereocenters. The van der Waals surface area contributed by atoms with Crippen LogP contribution in [0.25, 0.3) is 23.2 Å². The van der Waals surface area contributed by atoms with E-state index in [0.29, 0.717) is 0 Å². The highest BCUT2D eigenvalue weighted by Crippen LogP contribution is 2.30. The van der Waals surface area contributed by atoms with Crippen molar-refractivity contribution in [3.05, 3.63) is 64.6 Å². The molecule has 0 saturated heterocycles. The van der Waals surface area contributed by atoms with Gasteiger partial charge in [-0.05, 0) is 62.7 Å². The first kappa shape index (κ1) is 16.1. The molecule has 3 nitrogen and oxygen atoms in total. The Balaban J connectivity index is 1.83. The molecule has 3 aromatic rings. The molecule has 1 aromatic carbocycles. The van der Waals surface area contributed by atoms with Crippen molar-refractivity contribution in [1.82, 2.24) is 14.5 Å². The second kappa shape index (κ2) is 6.49. The summed E-state index contributed by atoms with van der Waals surface area (Å²) in [6.45, 7) is 6.44. The zero-order chi connectivity index (χ0) is 17.4. The van der Waals surface area contributed by atoms with E-state index < -0.39 is 0 Å². The molecule has 0 bridgehead atoms. The molecule has 0 saturated carbocycles. The maximum absolute atomic E-state index is 4.40. The van der Waals surface area contributed by atoms with Crippen LogP contribution >= 0.6 is 0 Å². The van der Waals surface area contributed by atoms with Gasteiger partial charge in [0.25, 0.3) is 0 Å². The molecule has 3 heterocycles. The van der Waals surface area contributed by atoms with Crippen molar-refractivity contribution < 1.29 is 0 Å². The van der Waals surface area contributed by atoms with Crippen molar-refractivity contribution in [1.29, 1.82) is 0 Å². The van der Waals surface area contributed by atoms with Crippen LogP contribution in [0.1, 0.15) is 28.1 Å². The van der Waals surface area contributed by atoms with E-state index in [1.807, 2.05) is 13.1 Å². The minimum absolute atomic E-state index is 1.05. The van der Waals surface area contributed by atoms with Crippen molar-refractivity contribution in [2.45, 2.75) is 26.7 Å². The summed E-state index contributed by atoms with van der Waals surface area (Å²) in [5, 5.41) is 1.41. The van der Waals surface area contributed by atoms with Crippen LogP contribution in [0, 0.1) is 13.8 Å². The number of benzene rings is 1. The standard InChI is InChI=1S/C22H25N3/c1-16-4-7-21-20(14-16)19-9-11-24(3)12-10-22(19)25(21)13-8-18-6-5-17(2)23-15-18/h4-8,13-15H,9-12H2,1-3H3/b13-8+. The van der Waals surface area contributed by atoms with Gasteiger partial charge in [-0.15, -0.1) is 0 Å². The third kappa shape index (κ3) is 3.12. The largest absolute Gasteiger partial charge is 0.320 e. The van der Waals surface area contributed by atoms with Crippen molar-refractivity contribution in [3.8, 4) is 0 Å². The predicted molar refractivity (Wildman–Crippen MR) is 106 cm³/mol. The Hall–Kier alpha value is -2.39. The first-order valence-electron chi connectivity index (χ1n) is 9.03. The van der Waals surface area contributed by atoms with E-state index in [9.17, 15) is 0 Å². The average molecular weight is 331 g/mol. The van der Waals surface area contributed by atoms with Gasteiger partial charge in [-0.3, -0.25) is 4.98 Å². The maximum atomic E-state index is 4.40. The zero-order valence-corrected chi connectivity index (χ0v) is 15.3. The van der Waals surface area contributed by atoms with Gasteiger partial charge < -0.3 is 9.47 Å². The second-order valence-corrected chi connectivity index (χ2v) is 7.17. The van der Waals surface area contributed by atoms with Crippen molar-refractivity contribution >= 4 is 23.2 Å². The fourth-order valence-electron chi connectivity index (χ4n) is 3.72. The van der Waals surface area contributed by atoms with E-state index in [4.69, 9.17) is 0 Å². The van der Waals surface area contributed by atoms with Gasteiger partial charge in [-0.2, -0.15) is 0 Å². The van der Waals surface area contributed by atoms with E-state index in [1.54, 1.807) is 0 Å². The average Bonchev–Trinajstić information content (AvgIpc) is 2.75. The van der Waals surface area contributed by atoms with E-state index in [1.165, 1.54) is 27.7 Å². The maximum Gasteiger partial charge on any atom is 0.0528 e. The first-order chi connectivity index (χ1) is 12.1. The van der Waals surface area contributed by atoms with Crippen molar-refractivity contribution in [2.24, 2.45) is 0 Å². The van der Waals surface area contributed by atoms with Crippen molar-refractivity contribution in [2.75, 3.05) is 20.1 Å². The summed E-state index contributed by atoms with van der Waals surface area (Å²) in [5.74, 6) is 0. The van der Waals surface area contributed by atoms with Crippen LogP contribution in [0.3, 0.4) is 0 Å². The summed E-state index contributed by atoms with van der Waals surface area (Å²) >= 11 is 0. The van der Waals surface area contributed by atoms with Crippen molar-refractivity contribution in [3.63, 3.8) is 0 Å². The number of pyridine rings is 1. The number of hydrogen-bond acceptors (Lipinski definition) is 2. The van der Waals surface area contributed by atoms with E-state index in [-0.39, 0.29) is 0 Å². The molecular formula is C22H25N3. The van der Waals surface area contributed by atoms with E-state index in [2.05, 4.69) is 71.0 Å². The Morgan fingerprint density at radius 2 is 1.88 bits per heavy atom. The number of hydrogen-bond donors (Lipinski definition) is 0. The summed E-state index contributed by atoms with van der Waals surface area (Å²) in [4.78, 5) is 6.83. The van der Waals surface area contributed by atoms with Crippen LogP contribution in [-0.4, -0.2) is 34.6 Å². The predicted octanol–water partition coefficient (Wildman–Crippen LogP) is 4.31. The zero-order valence-electron chi connectivity index (χ0n) is 15.3. The molecule has 0 amide bonds. The summed E-state index contributed by atoms with van der Waals surface area (Å²) < 4.78 is 2.39. The monoisotopic (exact) mass is 331 g/mol. The molecular weight excluding hydrogens is 306 g/mol. The Morgan fingerprint density at radius 1 is 1.04 bits per heavy atom. The summed E-state index contributed by atoms with van der Waals surface area (Å²) in [6.07, 6.45) is 8.54. The van der Waals surface area contributed by atoms with Crippen LogP contribution in [0.15, 0.2) is 36.5 Å². The highest BCUT2D eigenvalue weighted by Gasteiger charge is 2.19. The summed E-state index contributed by atoms with van der Waals surface area (Å²) in [7, 11) is 2.22. The molecule has 4 rings (SSSR count). The molecule has 128 valence electrons. The van der Waals surface area contributed by atoms with Gasteiger partial charge in [0, 0.05) is 48.7 Å². The molecule has 25 heavy (non-hydrogen) atoms. The van der Waals surface area contributed by atoms with Crippen LogP contribution < -0.4 is 0 Å². The molecule has 2 aromatic heterocycles. The minimum Gasteiger partial charge on any atom is -0.320 e. The lowest BCUT2D eigenvalue weighted by molar-refractivity contribution is 0.351. The third-order valence-electron chi connectivity index (χ3n) is 5.20. The SMILES string of the molecule is Cc1ccc2c(c1)c1c(n2/C=C/c2ccc(C)nc2)CCN(C)CC1. The summed E-state index contributed by atoms with van der Waals surface area (Å²) in [5.41, 5.74) is 7.82. The molecule has 1 aliphatic rings. The molecule has 1 aliphatic heterocycles. The smallest absolute Gasteiger partial charge is 0.0528 e. The van der Waals surface area contributed by atoms with Gasteiger partial charge in [0.05, 0.1) is 5.52 Å². The van der Waals surface area contributed by atoms with Crippen LogP contribution in [0.4, 0.5) is 0 Å². The second-order valence-electron chi connectivity index (χ2n) is 7.17. The van der Waals surface area contributed by atoms with Gasteiger partial charge in [-0.1, -0.05) is 17.7 Å². The number of rotatable bonds is 2. The van der Waals surface area contributed by atoms with Gasteiger partial charge in [0.1, 0.15) is 0 Å². The molecule has 0 aliphatic carbocycles. The minimum atomic E-state index is 1.05. The number of likely N-dealkylation sites (N-methyl/N-ethyl adjacent to an activating group) is 1. The van der Waals surface area contributed by atoms with Gasteiger partial charge in [0.15, 0.2) is 0 Å². The number of nitrogens with zero attached hydrogens (tertiary/aromatic N) is 3. The lowest BCUT2D eigenvalue weighted by Crippen LogP contribution is -2.21. The quantitative estimate of drug-likeness (QED) is 0.697. The molecule has 0 radical (unpaired) electrons. The Bertz CT molecular complexity index is 932. The van der Waals surface area contributed by atoms with Gasteiger partial charge in [0.2, 0.25) is 0 Å². The number of aryl methyl sites for hydroxylation is 2. The Labute approximate surface area is 149 Å². The molecule has 3 heteroatoms. The topological polar surface area (TPSA) is 21.1 Å². The lowest BCUT2D eigenvalue weighted by Gasteiger charge is -2.12. The molecule has 0 N–H and O–H groups in total.